The molecule has 1 atom stereocenters. The number of nitrogens with zero attached hydrogens (tertiary/aromatic N) is 2. The first-order valence-corrected chi connectivity index (χ1v) is 5.77. The van der Waals surface area contributed by atoms with Crippen molar-refractivity contribution in [1.82, 2.24) is 9.55 Å². The number of aryl methyl sites for hydroxylation is 2. The van der Waals surface area contributed by atoms with Crippen molar-refractivity contribution in [2.24, 2.45) is 0 Å². The monoisotopic (exact) mass is 221 g/mol. The van der Waals surface area contributed by atoms with E-state index >= 15 is 0 Å². The van der Waals surface area contributed by atoms with Gasteiger partial charge in [-0.25, -0.2) is 4.98 Å². The summed E-state index contributed by atoms with van der Waals surface area (Å²) < 4.78 is 2.01. The Morgan fingerprint density at radius 3 is 2.60 bits per heavy atom. The fraction of sp³-hybridized carbons (Fsp3) is 0.364. The first-order valence-electron chi connectivity index (χ1n) is 4.95. The number of nitrogen functional groups attached to an aromatic ring is 1. The van der Waals surface area contributed by atoms with Gasteiger partial charge in [-0.3, -0.25) is 0 Å². The minimum atomic E-state index is 0.268. The van der Waals surface area contributed by atoms with Crippen molar-refractivity contribution in [3.8, 4) is 0 Å². The summed E-state index contributed by atoms with van der Waals surface area (Å²) in [6.07, 6.45) is 2.00. The number of thiophene rings is 1. The van der Waals surface area contributed by atoms with Gasteiger partial charge in [0, 0.05) is 16.0 Å². The second-order valence-electron chi connectivity index (χ2n) is 3.77. The molecular weight excluding hydrogens is 206 g/mol. The van der Waals surface area contributed by atoms with Crippen LogP contribution in [-0.2, 0) is 0 Å². The molecule has 0 radical (unpaired) electrons. The smallest absolute Gasteiger partial charge is 0.200 e. The lowest BCUT2D eigenvalue weighted by Crippen LogP contribution is -2.07. The first kappa shape index (κ1) is 10.2. The van der Waals surface area contributed by atoms with E-state index in [4.69, 9.17) is 5.73 Å². The summed E-state index contributed by atoms with van der Waals surface area (Å²) in [5.74, 6) is 0.589. The number of anilines is 1. The predicted octanol–water partition coefficient (Wildman–Crippen LogP) is 2.75. The van der Waals surface area contributed by atoms with Crippen LogP contribution in [0, 0.1) is 13.8 Å². The van der Waals surface area contributed by atoms with Gasteiger partial charge in [-0.05, 0) is 32.9 Å². The highest BCUT2D eigenvalue weighted by Gasteiger charge is 2.12. The molecule has 2 aromatic rings. The molecule has 2 aromatic heterocycles. The van der Waals surface area contributed by atoms with Gasteiger partial charge in [0.15, 0.2) is 0 Å². The minimum Gasteiger partial charge on any atom is -0.369 e. The third kappa shape index (κ3) is 1.90. The first-order chi connectivity index (χ1) is 7.08. The summed E-state index contributed by atoms with van der Waals surface area (Å²) in [6.45, 7) is 6.21. The van der Waals surface area contributed by atoms with Crippen LogP contribution in [0.3, 0.4) is 0 Å². The molecule has 2 heterocycles. The SMILES string of the molecule is Cc1cn(C(C)c2ccc(C)s2)c(N)n1. The molecule has 0 fully saturated rings. The Labute approximate surface area is 93.6 Å². The summed E-state index contributed by atoms with van der Waals surface area (Å²) in [5.41, 5.74) is 6.81. The van der Waals surface area contributed by atoms with Gasteiger partial charge in [0.1, 0.15) is 0 Å². The molecule has 0 aliphatic carbocycles. The van der Waals surface area contributed by atoms with E-state index < -0.39 is 0 Å². The van der Waals surface area contributed by atoms with Gasteiger partial charge in [-0.1, -0.05) is 0 Å². The molecule has 80 valence electrons. The predicted molar refractivity (Wildman–Crippen MR) is 64.2 cm³/mol. The van der Waals surface area contributed by atoms with Gasteiger partial charge >= 0.3 is 0 Å². The lowest BCUT2D eigenvalue weighted by atomic mass is 10.2. The van der Waals surface area contributed by atoms with Crippen LogP contribution in [0.4, 0.5) is 5.95 Å². The Morgan fingerprint density at radius 2 is 2.13 bits per heavy atom. The summed E-state index contributed by atoms with van der Waals surface area (Å²) in [7, 11) is 0. The molecule has 2 rings (SSSR count). The topological polar surface area (TPSA) is 43.8 Å². The molecule has 15 heavy (non-hydrogen) atoms. The number of hydrogen-bond donors (Lipinski definition) is 1. The van der Waals surface area contributed by atoms with E-state index in [0.29, 0.717) is 5.95 Å². The second kappa shape index (κ2) is 3.70. The van der Waals surface area contributed by atoms with E-state index in [1.165, 1.54) is 9.75 Å². The van der Waals surface area contributed by atoms with Crippen molar-refractivity contribution in [3.63, 3.8) is 0 Å². The van der Waals surface area contributed by atoms with Crippen LogP contribution in [0.2, 0.25) is 0 Å². The van der Waals surface area contributed by atoms with E-state index in [0.717, 1.165) is 5.69 Å². The van der Waals surface area contributed by atoms with Crippen LogP contribution in [0.1, 0.15) is 28.4 Å². The van der Waals surface area contributed by atoms with Gasteiger partial charge in [0.2, 0.25) is 5.95 Å². The van der Waals surface area contributed by atoms with Gasteiger partial charge in [-0.2, -0.15) is 0 Å². The van der Waals surface area contributed by atoms with Gasteiger partial charge in [-0.15, -0.1) is 11.3 Å². The van der Waals surface area contributed by atoms with E-state index in [9.17, 15) is 0 Å². The quantitative estimate of drug-likeness (QED) is 0.847. The zero-order valence-corrected chi connectivity index (χ0v) is 10.0. The molecule has 0 spiro atoms. The average molecular weight is 221 g/mol. The molecule has 0 amide bonds. The van der Waals surface area contributed by atoms with E-state index in [2.05, 4.69) is 31.0 Å². The average Bonchev–Trinajstić information content (AvgIpc) is 2.71. The molecule has 1 unspecified atom stereocenters. The van der Waals surface area contributed by atoms with Crippen molar-refractivity contribution < 1.29 is 0 Å². The fourth-order valence-corrected chi connectivity index (χ4v) is 2.59. The third-order valence-corrected chi connectivity index (χ3v) is 3.64. The lowest BCUT2D eigenvalue weighted by Gasteiger charge is -2.12. The maximum absolute atomic E-state index is 5.84. The Balaban J connectivity index is 2.35. The van der Waals surface area contributed by atoms with Crippen molar-refractivity contribution in [2.45, 2.75) is 26.8 Å². The van der Waals surface area contributed by atoms with Crippen LogP contribution in [0.5, 0.6) is 0 Å². The van der Waals surface area contributed by atoms with E-state index in [1.54, 1.807) is 11.3 Å². The van der Waals surface area contributed by atoms with Gasteiger partial charge < -0.3 is 10.3 Å². The zero-order valence-electron chi connectivity index (χ0n) is 9.19. The number of nitrogens with two attached hydrogens (primary N) is 1. The summed E-state index contributed by atoms with van der Waals surface area (Å²) in [5, 5.41) is 0. The molecule has 0 saturated heterocycles. The molecule has 0 aliphatic rings. The fourth-order valence-electron chi connectivity index (χ4n) is 1.66. The Hall–Kier alpha value is -1.29. The Bertz CT molecular complexity index is 470. The van der Waals surface area contributed by atoms with E-state index in [-0.39, 0.29) is 6.04 Å². The molecule has 0 bridgehead atoms. The molecule has 0 aliphatic heterocycles. The number of rotatable bonds is 2. The van der Waals surface area contributed by atoms with Crippen LogP contribution < -0.4 is 5.73 Å². The Kier molecular flexibility index (Phi) is 2.52. The maximum atomic E-state index is 5.84. The summed E-state index contributed by atoms with van der Waals surface area (Å²) in [4.78, 5) is 6.85. The summed E-state index contributed by atoms with van der Waals surface area (Å²) in [6, 6.07) is 4.56. The maximum Gasteiger partial charge on any atom is 0.200 e. The van der Waals surface area contributed by atoms with Crippen molar-refractivity contribution in [1.29, 1.82) is 0 Å². The zero-order chi connectivity index (χ0) is 11.0. The molecule has 2 N–H and O–H groups in total. The molecular formula is C11H15N3S. The molecule has 0 saturated carbocycles. The van der Waals surface area contributed by atoms with Crippen LogP contribution in [0.15, 0.2) is 18.3 Å². The standard InChI is InChI=1S/C11H15N3S/c1-7-6-14(11(12)13-7)9(3)10-5-4-8(2)15-10/h4-6,9H,1-3H3,(H2,12,13). The van der Waals surface area contributed by atoms with Crippen LogP contribution in [0.25, 0.3) is 0 Å². The largest absolute Gasteiger partial charge is 0.369 e. The van der Waals surface area contributed by atoms with Gasteiger partial charge in [0.05, 0.1) is 11.7 Å². The lowest BCUT2D eigenvalue weighted by molar-refractivity contribution is 0.659. The normalized spacial score (nSPS) is 13.0. The van der Waals surface area contributed by atoms with E-state index in [1.807, 2.05) is 17.7 Å². The molecule has 0 aromatic carbocycles. The van der Waals surface area contributed by atoms with Crippen molar-refractivity contribution in [2.75, 3.05) is 5.73 Å². The van der Waals surface area contributed by atoms with Crippen LogP contribution >= 0.6 is 11.3 Å². The van der Waals surface area contributed by atoms with Crippen LogP contribution in [-0.4, -0.2) is 9.55 Å². The van der Waals surface area contributed by atoms with Crippen molar-refractivity contribution in [3.05, 3.63) is 33.8 Å². The number of aromatic nitrogens is 2. The molecule has 3 nitrogen and oxygen atoms in total. The second-order valence-corrected chi connectivity index (χ2v) is 5.09. The number of hydrogen-bond acceptors (Lipinski definition) is 3. The Morgan fingerprint density at radius 1 is 1.40 bits per heavy atom. The molecule has 4 heteroatoms. The summed E-state index contributed by atoms with van der Waals surface area (Å²) >= 11 is 1.80. The number of imidazole rings is 1. The van der Waals surface area contributed by atoms with Crippen molar-refractivity contribution >= 4 is 17.3 Å². The van der Waals surface area contributed by atoms with Gasteiger partial charge in [0.25, 0.3) is 0 Å². The highest BCUT2D eigenvalue weighted by molar-refractivity contribution is 7.12. The minimum absolute atomic E-state index is 0.268. The third-order valence-electron chi connectivity index (χ3n) is 2.47. The highest BCUT2D eigenvalue weighted by Crippen LogP contribution is 2.27. The highest BCUT2D eigenvalue weighted by atomic mass is 32.1.